The van der Waals surface area contributed by atoms with Crippen molar-refractivity contribution in [3.8, 4) is 0 Å². The molecule has 0 radical (unpaired) electrons. The number of aliphatic hydroxyl groups is 1. The predicted molar refractivity (Wildman–Crippen MR) is 104 cm³/mol. The van der Waals surface area contributed by atoms with Gasteiger partial charge in [-0.2, -0.15) is 0 Å². The molecule has 0 fully saturated rings. The van der Waals surface area contributed by atoms with Crippen LogP contribution < -0.4 is 0 Å². The summed E-state index contributed by atoms with van der Waals surface area (Å²) in [5, 5.41) is 18.0. The number of carboxylic acid groups (broad SMARTS) is 1. The summed E-state index contributed by atoms with van der Waals surface area (Å²) in [4.78, 5) is 10.6. The second-order valence-corrected chi connectivity index (χ2v) is 7.49. The van der Waals surface area contributed by atoms with Gasteiger partial charge in [0.2, 0.25) is 0 Å². The van der Waals surface area contributed by atoms with Crippen LogP contribution in [-0.4, -0.2) is 22.8 Å². The first-order valence-electron chi connectivity index (χ1n) is 8.93. The van der Waals surface area contributed by atoms with Crippen LogP contribution in [0.2, 0.25) is 0 Å². The summed E-state index contributed by atoms with van der Waals surface area (Å²) < 4.78 is 0. The molecule has 3 heteroatoms. The second-order valence-electron chi connectivity index (χ2n) is 7.49. The minimum Gasteiger partial charge on any atom is -0.478 e. The Bertz CT molecular complexity index is 628. The average Bonchev–Trinajstić information content (AvgIpc) is 2.49. The summed E-state index contributed by atoms with van der Waals surface area (Å²) in [5.74, 6) is -0.420. The van der Waals surface area contributed by atoms with Crippen LogP contribution in [0.5, 0.6) is 0 Å². The number of carbonyl (C=O) groups is 1. The Labute approximate surface area is 152 Å². The largest absolute Gasteiger partial charge is 0.478 e. The first-order valence-corrected chi connectivity index (χ1v) is 8.93. The molecule has 0 aliphatic heterocycles. The van der Waals surface area contributed by atoms with E-state index in [-0.39, 0.29) is 12.0 Å². The van der Waals surface area contributed by atoms with E-state index in [4.69, 9.17) is 5.11 Å². The third kappa shape index (κ3) is 6.50. The van der Waals surface area contributed by atoms with Crippen LogP contribution in [0.25, 0.3) is 0 Å². The molecule has 0 bridgehead atoms. The van der Waals surface area contributed by atoms with E-state index in [1.165, 1.54) is 17.2 Å². The Hall–Kier alpha value is -1.87. The molecule has 1 aliphatic rings. The van der Waals surface area contributed by atoms with Gasteiger partial charge in [0.25, 0.3) is 0 Å². The quantitative estimate of drug-likeness (QED) is 0.492. The number of carboxylic acids is 1. The minimum atomic E-state index is -0.929. The third-order valence-corrected chi connectivity index (χ3v) is 5.10. The Balaban J connectivity index is 2.89. The number of hydrogen-bond donors (Lipinski definition) is 2. The molecular formula is C22H32O3. The maximum atomic E-state index is 10.6. The first-order chi connectivity index (χ1) is 11.7. The highest BCUT2D eigenvalue weighted by Gasteiger charge is 2.35. The maximum absolute atomic E-state index is 10.6. The van der Waals surface area contributed by atoms with Gasteiger partial charge in [-0.3, -0.25) is 0 Å². The van der Waals surface area contributed by atoms with E-state index in [0.717, 1.165) is 24.8 Å². The van der Waals surface area contributed by atoms with E-state index in [1.807, 2.05) is 19.1 Å². The van der Waals surface area contributed by atoms with E-state index in [2.05, 4.69) is 32.9 Å². The zero-order chi connectivity index (χ0) is 19.0. The van der Waals surface area contributed by atoms with E-state index in [9.17, 15) is 9.90 Å². The summed E-state index contributed by atoms with van der Waals surface area (Å²) in [7, 11) is 0. The Morgan fingerprint density at radius 2 is 1.92 bits per heavy atom. The van der Waals surface area contributed by atoms with Gasteiger partial charge < -0.3 is 10.2 Å². The normalized spacial score (nSPS) is 22.2. The lowest BCUT2D eigenvalue weighted by molar-refractivity contribution is -0.131. The molecule has 1 aliphatic carbocycles. The van der Waals surface area contributed by atoms with E-state index >= 15 is 0 Å². The monoisotopic (exact) mass is 344 g/mol. The molecule has 2 N–H and O–H groups in total. The van der Waals surface area contributed by atoms with Crippen molar-refractivity contribution in [3.05, 3.63) is 58.7 Å². The van der Waals surface area contributed by atoms with Gasteiger partial charge in [-0.15, -0.1) is 0 Å². The average molecular weight is 344 g/mol. The van der Waals surface area contributed by atoms with Crippen LogP contribution in [0.15, 0.2) is 58.7 Å². The molecule has 25 heavy (non-hydrogen) atoms. The number of hydrogen-bond acceptors (Lipinski definition) is 2. The molecule has 0 amide bonds. The van der Waals surface area contributed by atoms with Crippen molar-refractivity contribution in [2.24, 2.45) is 11.3 Å². The zero-order valence-corrected chi connectivity index (χ0v) is 16.2. The highest BCUT2D eigenvalue weighted by Crippen LogP contribution is 2.46. The molecule has 0 aromatic carbocycles. The second kappa shape index (κ2) is 9.57. The van der Waals surface area contributed by atoms with Gasteiger partial charge in [0.05, 0.1) is 0 Å². The van der Waals surface area contributed by atoms with Gasteiger partial charge in [-0.1, -0.05) is 55.4 Å². The SMILES string of the molecule is CC1=C(/C=C/C(C)=C/C=C/C(C)=C/C(=O)O)C(C)(C)C(CCO)CC1. The highest BCUT2D eigenvalue weighted by atomic mass is 16.4. The molecule has 0 aromatic heterocycles. The lowest BCUT2D eigenvalue weighted by Gasteiger charge is -2.41. The summed E-state index contributed by atoms with van der Waals surface area (Å²) in [6.45, 7) is 10.8. The van der Waals surface area contributed by atoms with E-state index in [0.29, 0.717) is 11.5 Å². The molecule has 138 valence electrons. The minimum absolute atomic E-state index is 0.0680. The lowest BCUT2D eigenvalue weighted by atomic mass is 9.64. The van der Waals surface area contributed by atoms with Crippen LogP contribution in [-0.2, 0) is 4.79 Å². The molecule has 0 saturated carbocycles. The smallest absolute Gasteiger partial charge is 0.328 e. The molecule has 1 rings (SSSR count). The fourth-order valence-electron chi connectivity index (χ4n) is 3.54. The van der Waals surface area contributed by atoms with Crippen LogP contribution in [0, 0.1) is 11.3 Å². The van der Waals surface area contributed by atoms with Gasteiger partial charge in [0.1, 0.15) is 0 Å². The van der Waals surface area contributed by atoms with Crippen molar-refractivity contribution in [1.82, 2.24) is 0 Å². The summed E-state index contributed by atoms with van der Waals surface area (Å²) in [5.41, 5.74) is 4.69. The molecule has 1 atom stereocenters. The van der Waals surface area contributed by atoms with Crippen molar-refractivity contribution >= 4 is 5.97 Å². The van der Waals surface area contributed by atoms with E-state index < -0.39 is 5.97 Å². The number of aliphatic hydroxyl groups excluding tert-OH is 1. The molecule has 0 aromatic rings. The van der Waals surface area contributed by atoms with Crippen LogP contribution in [0.3, 0.4) is 0 Å². The van der Waals surface area contributed by atoms with E-state index in [1.54, 1.807) is 13.0 Å². The Kier molecular flexibility index (Phi) is 8.11. The topological polar surface area (TPSA) is 57.5 Å². The Morgan fingerprint density at radius 3 is 2.52 bits per heavy atom. The maximum Gasteiger partial charge on any atom is 0.328 e. The van der Waals surface area contributed by atoms with Gasteiger partial charge in [0, 0.05) is 12.7 Å². The van der Waals surface area contributed by atoms with Crippen molar-refractivity contribution in [2.75, 3.05) is 6.61 Å². The predicted octanol–water partition coefficient (Wildman–Crippen LogP) is 5.21. The van der Waals surface area contributed by atoms with Crippen LogP contribution in [0.4, 0.5) is 0 Å². The van der Waals surface area contributed by atoms with Crippen molar-refractivity contribution in [2.45, 2.75) is 53.9 Å². The van der Waals surface area contributed by atoms with Crippen LogP contribution >= 0.6 is 0 Å². The third-order valence-electron chi connectivity index (χ3n) is 5.10. The number of allylic oxidation sites excluding steroid dienone is 9. The summed E-state index contributed by atoms with van der Waals surface area (Å²) in [6.07, 6.45) is 14.2. The molecule has 0 heterocycles. The van der Waals surface area contributed by atoms with Gasteiger partial charge >= 0.3 is 5.97 Å². The molecule has 0 spiro atoms. The fraction of sp³-hybridized carbons (Fsp3) is 0.500. The summed E-state index contributed by atoms with van der Waals surface area (Å²) in [6, 6.07) is 0. The van der Waals surface area contributed by atoms with Crippen LogP contribution in [0.1, 0.15) is 53.9 Å². The van der Waals surface area contributed by atoms with Gasteiger partial charge in [0.15, 0.2) is 0 Å². The Morgan fingerprint density at radius 1 is 1.24 bits per heavy atom. The molecule has 1 unspecified atom stereocenters. The van der Waals surface area contributed by atoms with Crippen molar-refractivity contribution < 1.29 is 15.0 Å². The molecular weight excluding hydrogens is 312 g/mol. The van der Waals surface area contributed by atoms with Gasteiger partial charge in [-0.05, 0) is 62.5 Å². The van der Waals surface area contributed by atoms with Gasteiger partial charge in [-0.25, -0.2) is 4.79 Å². The zero-order valence-electron chi connectivity index (χ0n) is 16.2. The highest BCUT2D eigenvalue weighted by molar-refractivity contribution is 5.81. The summed E-state index contributed by atoms with van der Waals surface area (Å²) >= 11 is 0. The standard InChI is InChI=1S/C22H32O3/c1-16(7-6-8-17(2)15-21(24)25)9-12-20-18(3)10-11-19(13-14-23)22(20,4)5/h6-9,12,15,19,23H,10-11,13-14H2,1-5H3,(H,24,25)/b8-6+,12-9+,16-7+,17-15+. The van der Waals surface area contributed by atoms with Crippen molar-refractivity contribution in [3.63, 3.8) is 0 Å². The molecule has 0 saturated heterocycles. The fourth-order valence-corrected chi connectivity index (χ4v) is 3.54. The molecule has 3 nitrogen and oxygen atoms in total. The number of aliphatic carboxylic acids is 1. The van der Waals surface area contributed by atoms with Crippen molar-refractivity contribution in [1.29, 1.82) is 0 Å². The lowest BCUT2D eigenvalue weighted by Crippen LogP contribution is -2.30. The first kappa shape index (κ1) is 21.2. The number of rotatable bonds is 7.